The van der Waals surface area contributed by atoms with Crippen LogP contribution in [0.5, 0.6) is 0 Å². The third-order valence-corrected chi connectivity index (χ3v) is 4.69. The molecule has 1 aliphatic rings. The van der Waals surface area contributed by atoms with E-state index >= 15 is 0 Å². The Morgan fingerprint density at radius 3 is 2.18 bits per heavy atom. The third kappa shape index (κ3) is 2.98. The largest absolute Gasteiger partial charge is 0.389 e. The van der Waals surface area contributed by atoms with E-state index in [1.165, 1.54) is 0 Å². The van der Waals surface area contributed by atoms with Gasteiger partial charge in [0.2, 0.25) is 0 Å². The van der Waals surface area contributed by atoms with Crippen LogP contribution in [0, 0.1) is 0 Å². The van der Waals surface area contributed by atoms with Crippen molar-refractivity contribution in [1.29, 1.82) is 0 Å². The Kier molecular flexibility index (Phi) is 3.40. The molecule has 1 saturated heterocycles. The van der Waals surface area contributed by atoms with Crippen LogP contribution >= 0.6 is 0 Å². The maximum atomic E-state index is 11.3. The minimum absolute atomic E-state index is 0.227. The van der Waals surface area contributed by atoms with Crippen molar-refractivity contribution in [1.82, 2.24) is 0 Å². The van der Waals surface area contributed by atoms with Crippen LogP contribution in [0.25, 0.3) is 0 Å². The molecule has 0 amide bonds. The SMILES string of the molecule is CC(O)c1ccc(N2CCS(=O)(=O)CC2)cc1. The predicted molar refractivity (Wildman–Crippen MR) is 67.9 cm³/mol. The lowest BCUT2D eigenvalue weighted by atomic mass is 10.1. The van der Waals surface area contributed by atoms with Crippen molar-refractivity contribution in [3.8, 4) is 0 Å². The molecule has 94 valence electrons. The quantitative estimate of drug-likeness (QED) is 0.855. The van der Waals surface area contributed by atoms with E-state index in [0.29, 0.717) is 13.1 Å². The van der Waals surface area contributed by atoms with Gasteiger partial charge in [0.1, 0.15) is 0 Å². The second-order valence-electron chi connectivity index (χ2n) is 4.41. The molecule has 0 saturated carbocycles. The summed E-state index contributed by atoms with van der Waals surface area (Å²) >= 11 is 0. The van der Waals surface area contributed by atoms with Crippen molar-refractivity contribution in [3.63, 3.8) is 0 Å². The topological polar surface area (TPSA) is 57.6 Å². The Morgan fingerprint density at radius 2 is 1.71 bits per heavy atom. The monoisotopic (exact) mass is 255 g/mol. The zero-order valence-corrected chi connectivity index (χ0v) is 10.7. The van der Waals surface area contributed by atoms with Gasteiger partial charge in [0.15, 0.2) is 9.84 Å². The zero-order chi connectivity index (χ0) is 12.5. The summed E-state index contributed by atoms with van der Waals surface area (Å²) in [6, 6.07) is 7.62. The molecule has 17 heavy (non-hydrogen) atoms. The molecule has 0 bridgehead atoms. The minimum atomic E-state index is -2.83. The molecule has 5 heteroatoms. The summed E-state index contributed by atoms with van der Waals surface area (Å²) in [5.74, 6) is 0.455. The fraction of sp³-hybridized carbons (Fsp3) is 0.500. The van der Waals surface area contributed by atoms with Crippen molar-refractivity contribution < 1.29 is 13.5 Å². The van der Waals surface area contributed by atoms with Gasteiger partial charge in [0.25, 0.3) is 0 Å². The number of hydrogen-bond acceptors (Lipinski definition) is 4. The van der Waals surface area contributed by atoms with Gasteiger partial charge in [0.05, 0.1) is 17.6 Å². The molecule has 1 unspecified atom stereocenters. The molecule has 0 spiro atoms. The number of sulfone groups is 1. The van der Waals surface area contributed by atoms with Gasteiger partial charge < -0.3 is 10.0 Å². The van der Waals surface area contributed by atoms with E-state index in [0.717, 1.165) is 11.3 Å². The van der Waals surface area contributed by atoms with E-state index in [1.807, 2.05) is 24.3 Å². The van der Waals surface area contributed by atoms with Gasteiger partial charge in [-0.1, -0.05) is 12.1 Å². The number of hydrogen-bond donors (Lipinski definition) is 1. The molecule has 1 atom stereocenters. The molecule has 4 nitrogen and oxygen atoms in total. The fourth-order valence-electron chi connectivity index (χ4n) is 1.93. The molecule has 1 N–H and O–H groups in total. The average molecular weight is 255 g/mol. The first kappa shape index (κ1) is 12.4. The van der Waals surface area contributed by atoms with Crippen LogP contribution in [0.2, 0.25) is 0 Å². The molecule has 0 radical (unpaired) electrons. The van der Waals surface area contributed by atoms with Crippen molar-refractivity contribution in [2.75, 3.05) is 29.5 Å². The highest BCUT2D eigenvalue weighted by molar-refractivity contribution is 7.91. The summed E-state index contributed by atoms with van der Waals surface area (Å²) in [6.45, 7) is 2.83. The summed E-state index contributed by atoms with van der Waals surface area (Å²) < 4.78 is 22.6. The molecular formula is C12H17NO3S. The first-order valence-electron chi connectivity index (χ1n) is 5.71. The molecule has 0 aliphatic carbocycles. The van der Waals surface area contributed by atoms with Gasteiger partial charge in [-0.3, -0.25) is 0 Å². The van der Waals surface area contributed by atoms with Crippen molar-refractivity contribution in [3.05, 3.63) is 29.8 Å². The van der Waals surface area contributed by atoms with Crippen LogP contribution in [-0.2, 0) is 9.84 Å². The van der Waals surface area contributed by atoms with E-state index in [9.17, 15) is 13.5 Å². The summed E-state index contributed by atoms with van der Waals surface area (Å²) in [5.41, 5.74) is 1.89. The van der Waals surface area contributed by atoms with Gasteiger partial charge in [-0.2, -0.15) is 0 Å². The highest BCUT2D eigenvalue weighted by Gasteiger charge is 2.21. The van der Waals surface area contributed by atoms with Gasteiger partial charge in [0, 0.05) is 18.8 Å². The summed E-state index contributed by atoms with van der Waals surface area (Å²) in [4.78, 5) is 2.06. The molecule has 1 aromatic rings. The molecule has 0 aromatic heterocycles. The Morgan fingerprint density at radius 1 is 1.18 bits per heavy atom. The molecule has 2 rings (SSSR count). The van der Waals surface area contributed by atoms with Gasteiger partial charge in [-0.15, -0.1) is 0 Å². The molecule has 1 aromatic carbocycles. The molecule has 1 fully saturated rings. The van der Waals surface area contributed by atoms with E-state index < -0.39 is 15.9 Å². The van der Waals surface area contributed by atoms with Crippen molar-refractivity contribution >= 4 is 15.5 Å². The molecule has 1 heterocycles. The van der Waals surface area contributed by atoms with E-state index in [4.69, 9.17) is 0 Å². The predicted octanol–water partition coefficient (Wildman–Crippen LogP) is 0.975. The highest BCUT2D eigenvalue weighted by atomic mass is 32.2. The zero-order valence-electron chi connectivity index (χ0n) is 9.83. The average Bonchev–Trinajstić information content (AvgIpc) is 2.29. The summed E-state index contributed by atoms with van der Waals surface area (Å²) in [5, 5.41) is 9.40. The van der Waals surface area contributed by atoms with Crippen LogP contribution < -0.4 is 4.90 Å². The lowest BCUT2D eigenvalue weighted by molar-refractivity contribution is 0.199. The summed E-state index contributed by atoms with van der Waals surface area (Å²) in [6.07, 6.45) is -0.467. The van der Waals surface area contributed by atoms with E-state index in [1.54, 1.807) is 6.92 Å². The lowest BCUT2D eigenvalue weighted by Gasteiger charge is -2.28. The number of aliphatic hydroxyl groups is 1. The molecule has 1 aliphatic heterocycles. The highest BCUT2D eigenvalue weighted by Crippen LogP contribution is 2.20. The number of aliphatic hydroxyl groups excluding tert-OH is 1. The lowest BCUT2D eigenvalue weighted by Crippen LogP contribution is -2.40. The van der Waals surface area contributed by atoms with Gasteiger partial charge in [-0.05, 0) is 24.6 Å². The second-order valence-corrected chi connectivity index (χ2v) is 6.71. The number of benzene rings is 1. The van der Waals surface area contributed by atoms with Crippen molar-refractivity contribution in [2.24, 2.45) is 0 Å². The van der Waals surface area contributed by atoms with E-state index in [-0.39, 0.29) is 11.5 Å². The Bertz CT molecular complexity index is 465. The maximum Gasteiger partial charge on any atom is 0.153 e. The van der Waals surface area contributed by atoms with Crippen LogP contribution in [0.1, 0.15) is 18.6 Å². The second kappa shape index (κ2) is 4.66. The fourth-order valence-corrected chi connectivity index (χ4v) is 3.14. The number of rotatable bonds is 2. The smallest absolute Gasteiger partial charge is 0.153 e. The number of nitrogens with zero attached hydrogens (tertiary/aromatic N) is 1. The van der Waals surface area contributed by atoms with Crippen LogP contribution in [0.15, 0.2) is 24.3 Å². The maximum absolute atomic E-state index is 11.3. The van der Waals surface area contributed by atoms with Crippen molar-refractivity contribution in [2.45, 2.75) is 13.0 Å². The first-order valence-corrected chi connectivity index (χ1v) is 7.53. The van der Waals surface area contributed by atoms with Crippen LogP contribution in [0.4, 0.5) is 5.69 Å². The first-order chi connectivity index (χ1) is 7.98. The third-order valence-electron chi connectivity index (χ3n) is 3.09. The Hall–Kier alpha value is -1.07. The number of anilines is 1. The Balaban J connectivity index is 2.09. The van der Waals surface area contributed by atoms with E-state index in [2.05, 4.69) is 4.90 Å². The standard InChI is InChI=1S/C12H17NO3S/c1-10(14)11-2-4-12(5-3-11)13-6-8-17(15,16)9-7-13/h2-5,10,14H,6-9H2,1H3. The summed E-state index contributed by atoms with van der Waals surface area (Å²) in [7, 11) is -2.83. The van der Waals surface area contributed by atoms with Gasteiger partial charge >= 0.3 is 0 Å². The van der Waals surface area contributed by atoms with Crippen LogP contribution in [-0.4, -0.2) is 38.1 Å². The molecular weight excluding hydrogens is 238 g/mol. The van der Waals surface area contributed by atoms with Gasteiger partial charge in [-0.25, -0.2) is 8.42 Å². The van der Waals surface area contributed by atoms with Crippen LogP contribution in [0.3, 0.4) is 0 Å². The minimum Gasteiger partial charge on any atom is -0.389 e. The Labute approximate surface area is 102 Å². The normalized spacial score (nSPS) is 21.2.